The molecule has 1 unspecified atom stereocenters. The molecule has 0 heterocycles. The van der Waals surface area contributed by atoms with Crippen LogP contribution in [0.5, 0.6) is 0 Å². The van der Waals surface area contributed by atoms with Gasteiger partial charge in [0.25, 0.3) is 6.43 Å². The molecular formula is C12H10ClF2NO. The third kappa shape index (κ3) is 3.01. The molecular weight excluding hydrogens is 248 g/mol. The van der Waals surface area contributed by atoms with Gasteiger partial charge in [0, 0.05) is 5.56 Å². The minimum Gasteiger partial charge on any atom is -0.298 e. The minimum absolute atomic E-state index is 0.0492. The van der Waals surface area contributed by atoms with Crippen molar-refractivity contribution >= 4 is 17.4 Å². The Kier molecular flexibility index (Phi) is 4.59. The first-order valence-electron chi connectivity index (χ1n) is 4.90. The molecule has 2 nitrogen and oxygen atoms in total. The fourth-order valence-corrected chi connectivity index (χ4v) is 1.84. The predicted octanol–water partition coefficient (Wildman–Crippen LogP) is 3.56. The number of carbonyl (C=O) groups excluding carboxylic acids is 1. The van der Waals surface area contributed by atoms with Gasteiger partial charge in [-0.05, 0) is 18.1 Å². The van der Waals surface area contributed by atoms with Gasteiger partial charge >= 0.3 is 0 Å². The van der Waals surface area contributed by atoms with E-state index in [1.807, 2.05) is 6.07 Å². The molecule has 0 saturated heterocycles. The first kappa shape index (κ1) is 13.6. The second-order valence-corrected chi connectivity index (χ2v) is 3.97. The largest absolute Gasteiger partial charge is 0.298 e. The molecule has 0 N–H and O–H groups in total. The maximum absolute atomic E-state index is 12.8. The normalized spacial score (nSPS) is 12.2. The van der Waals surface area contributed by atoms with E-state index in [1.165, 1.54) is 25.1 Å². The number of ketones is 1. The minimum atomic E-state index is -2.72. The second-order valence-electron chi connectivity index (χ2n) is 3.53. The van der Waals surface area contributed by atoms with Crippen molar-refractivity contribution in [1.29, 1.82) is 5.26 Å². The topological polar surface area (TPSA) is 40.9 Å². The molecule has 0 amide bonds. The summed E-state index contributed by atoms with van der Waals surface area (Å²) in [6, 6.07) is 6.05. The van der Waals surface area contributed by atoms with Crippen molar-refractivity contribution in [1.82, 2.24) is 0 Å². The molecule has 1 atom stereocenters. The van der Waals surface area contributed by atoms with Gasteiger partial charge in [-0.1, -0.05) is 18.2 Å². The average Bonchev–Trinajstić information content (AvgIpc) is 2.28. The van der Waals surface area contributed by atoms with E-state index < -0.39 is 17.6 Å². The number of nitriles is 1. The summed E-state index contributed by atoms with van der Waals surface area (Å²) in [5, 5.41) is 7.49. The maximum Gasteiger partial charge on any atom is 0.264 e. The fraction of sp³-hybridized carbons (Fsp3) is 0.333. The van der Waals surface area contributed by atoms with E-state index in [0.717, 1.165) is 0 Å². The number of rotatable bonds is 4. The molecule has 1 aromatic carbocycles. The molecule has 0 spiro atoms. The highest BCUT2D eigenvalue weighted by Gasteiger charge is 2.24. The summed E-state index contributed by atoms with van der Waals surface area (Å²) < 4.78 is 25.6. The van der Waals surface area contributed by atoms with Crippen molar-refractivity contribution in [2.24, 2.45) is 0 Å². The molecule has 0 fully saturated rings. The molecule has 90 valence electrons. The molecule has 5 heteroatoms. The van der Waals surface area contributed by atoms with Crippen LogP contribution in [0.25, 0.3) is 0 Å². The third-order valence-corrected chi connectivity index (χ3v) is 2.87. The third-order valence-electron chi connectivity index (χ3n) is 2.35. The van der Waals surface area contributed by atoms with Gasteiger partial charge in [-0.25, -0.2) is 8.78 Å². The standard InChI is InChI=1S/C12H10ClF2NO/c1-7(17)11(13)10-8(5-6-16)3-2-4-9(10)12(14)15/h2-4,11-12H,5H2,1H3. The smallest absolute Gasteiger partial charge is 0.264 e. The van der Waals surface area contributed by atoms with Crippen LogP contribution >= 0.6 is 11.6 Å². The Labute approximate surface area is 103 Å². The Morgan fingerprint density at radius 2 is 2.18 bits per heavy atom. The summed E-state index contributed by atoms with van der Waals surface area (Å²) in [5.74, 6) is -0.418. The monoisotopic (exact) mass is 257 g/mol. The van der Waals surface area contributed by atoms with Crippen LogP contribution in [-0.2, 0) is 11.2 Å². The molecule has 0 aromatic heterocycles. The Hall–Kier alpha value is -1.47. The predicted molar refractivity (Wildman–Crippen MR) is 60.0 cm³/mol. The summed E-state index contributed by atoms with van der Waals surface area (Å²) >= 11 is 5.84. The average molecular weight is 258 g/mol. The van der Waals surface area contributed by atoms with E-state index in [9.17, 15) is 13.6 Å². The zero-order valence-electron chi connectivity index (χ0n) is 9.08. The van der Waals surface area contributed by atoms with Gasteiger partial charge in [-0.3, -0.25) is 4.79 Å². The first-order chi connectivity index (χ1) is 7.99. The highest BCUT2D eigenvalue weighted by molar-refractivity contribution is 6.31. The molecule has 1 aromatic rings. The van der Waals surface area contributed by atoms with Crippen molar-refractivity contribution in [3.05, 3.63) is 34.9 Å². The van der Waals surface area contributed by atoms with Gasteiger partial charge in [0.15, 0.2) is 5.78 Å². The lowest BCUT2D eigenvalue weighted by Crippen LogP contribution is -2.09. The highest BCUT2D eigenvalue weighted by Crippen LogP contribution is 2.34. The molecule has 17 heavy (non-hydrogen) atoms. The van der Waals surface area contributed by atoms with Crippen LogP contribution in [0, 0.1) is 11.3 Å². The Morgan fingerprint density at radius 1 is 1.53 bits per heavy atom. The van der Waals surface area contributed by atoms with Crippen molar-refractivity contribution in [2.45, 2.75) is 25.1 Å². The number of nitrogens with zero attached hydrogens (tertiary/aromatic N) is 1. The molecule has 0 aliphatic rings. The SMILES string of the molecule is CC(=O)C(Cl)c1c(CC#N)cccc1C(F)F. The van der Waals surface area contributed by atoms with Gasteiger partial charge in [0.1, 0.15) is 5.38 Å². The zero-order chi connectivity index (χ0) is 13.0. The fourth-order valence-electron chi connectivity index (χ4n) is 1.57. The van der Waals surface area contributed by atoms with Crippen molar-refractivity contribution < 1.29 is 13.6 Å². The van der Waals surface area contributed by atoms with E-state index in [1.54, 1.807) is 0 Å². The Balaban J connectivity index is 3.39. The van der Waals surface area contributed by atoms with Gasteiger partial charge in [-0.2, -0.15) is 5.26 Å². The van der Waals surface area contributed by atoms with Crippen LogP contribution in [0.15, 0.2) is 18.2 Å². The number of carbonyl (C=O) groups is 1. The summed E-state index contributed by atoms with van der Waals surface area (Å²) in [5.41, 5.74) is 0.159. The number of hydrogen-bond acceptors (Lipinski definition) is 2. The summed E-state index contributed by atoms with van der Waals surface area (Å²) in [6.45, 7) is 1.23. The van der Waals surface area contributed by atoms with Crippen LogP contribution in [0.4, 0.5) is 8.78 Å². The zero-order valence-corrected chi connectivity index (χ0v) is 9.84. The van der Waals surface area contributed by atoms with Crippen molar-refractivity contribution in [2.75, 3.05) is 0 Å². The Bertz CT molecular complexity index is 468. The molecule has 0 saturated carbocycles. The number of benzene rings is 1. The molecule has 0 bridgehead atoms. The maximum atomic E-state index is 12.8. The second kappa shape index (κ2) is 5.74. The van der Waals surface area contributed by atoms with Gasteiger partial charge < -0.3 is 0 Å². The lowest BCUT2D eigenvalue weighted by Gasteiger charge is -2.15. The van der Waals surface area contributed by atoms with Crippen molar-refractivity contribution in [3.8, 4) is 6.07 Å². The van der Waals surface area contributed by atoms with E-state index in [4.69, 9.17) is 16.9 Å². The first-order valence-corrected chi connectivity index (χ1v) is 5.34. The summed E-state index contributed by atoms with van der Waals surface area (Å²) in [7, 11) is 0. The van der Waals surface area contributed by atoms with E-state index in [-0.39, 0.29) is 17.5 Å². The number of alkyl halides is 3. The van der Waals surface area contributed by atoms with Crippen molar-refractivity contribution in [3.63, 3.8) is 0 Å². The van der Waals surface area contributed by atoms with E-state index in [2.05, 4.69) is 0 Å². The van der Waals surface area contributed by atoms with Crippen LogP contribution in [0.3, 0.4) is 0 Å². The lowest BCUT2D eigenvalue weighted by atomic mass is 9.95. The van der Waals surface area contributed by atoms with Gasteiger partial charge in [0.05, 0.1) is 12.5 Å². The molecule has 0 aliphatic heterocycles. The van der Waals surface area contributed by atoms with Crippen LogP contribution in [0.1, 0.15) is 35.4 Å². The van der Waals surface area contributed by atoms with Gasteiger partial charge in [-0.15, -0.1) is 11.6 Å². The number of Topliss-reactive ketones (excluding diaryl/α,β-unsaturated/α-hetero) is 1. The van der Waals surface area contributed by atoms with Crippen LogP contribution in [-0.4, -0.2) is 5.78 Å². The number of halogens is 3. The van der Waals surface area contributed by atoms with E-state index in [0.29, 0.717) is 5.56 Å². The Morgan fingerprint density at radius 3 is 2.65 bits per heavy atom. The quantitative estimate of drug-likeness (QED) is 0.774. The highest BCUT2D eigenvalue weighted by atomic mass is 35.5. The van der Waals surface area contributed by atoms with Crippen LogP contribution in [0.2, 0.25) is 0 Å². The summed E-state index contributed by atoms with van der Waals surface area (Å²) in [4.78, 5) is 11.2. The molecule has 0 radical (unpaired) electrons. The molecule has 0 aliphatic carbocycles. The summed E-state index contributed by atoms with van der Waals surface area (Å²) in [6.07, 6.45) is -2.77. The van der Waals surface area contributed by atoms with Crippen LogP contribution < -0.4 is 0 Å². The van der Waals surface area contributed by atoms with E-state index >= 15 is 0 Å². The molecule has 1 rings (SSSR count). The number of hydrogen-bond donors (Lipinski definition) is 0. The van der Waals surface area contributed by atoms with Gasteiger partial charge in [0.2, 0.25) is 0 Å². The lowest BCUT2D eigenvalue weighted by molar-refractivity contribution is -0.116.